The van der Waals surface area contributed by atoms with Gasteiger partial charge in [-0.05, 0) is 30.7 Å². The summed E-state index contributed by atoms with van der Waals surface area (Å²) in [4.78, 5) is 11.9. The van der Waals surface area contributed by atoms with Crippen molar-refractivity contribution in [1.82, 2.24) is 9.62 Å². The van der Waals surface area contributed by atoms with Crippen molar-refractivity contribution >= 4 is 25.8 Å². The van der Waals surface area contributed by atoms with E-state index in [0.29, 0.717) is 0 Å². The first-order chi connectivity index (χ1) is 11.1. The molecule has 0 aromatic heterocycles. The number of sulfone groups is 1. The Morgan fingerprint density at radius 2 is 1.96 bits per heavy atom. The molecule has 1 fully saturated rings. The summed E-state index contributed by atoms with van der Waals surface area (Å²) in [5.41, 5.74) is 0.255. The van der Waals surface area contributed by atoms with Gasteiger partial charge in [-0.1, -0.05) is 0 Å². The molecule has 7 nitrogen and oxygen atoms in total. The highest BCUT2D eigenvalue weighted by Gasteiger charge is 2.36. The predicted octanol–water partition coefficient (Wildman–Crippen LogP) is 0.00420. The molecule has 1 aliphatic rings. The third-order valence-corrected chi connectivity index (χ3v) is 6.85. The van der Waals surface area contributed by atoms with Gasteiger partial charge >= 0.3 is 0 Å². The minimum atomic E-state index is -3.60. The maximum Gasteiger partial charge on any atom is 0.251 e. The van der Waals surface area contributed by atoms with Crippen LogP contribution in [0.1, 0.15) is 16.8 Å². The summed E-state index contributed by atoms with van der Waals surface area (Å²) in [5, 5.41) is 2.55. The van der Waals surface area contributed by atoms with Crippen molar-refractivity contribution in [1.29, 1.82) is 0 Å². The van der Waals surface area contributed by atoms with Crippen LogP contribution in [0.3, 0.4) is 0 Å². The molecule has 1 saturated heterocycles. The Bertz CT molecular complexity index is 806. The van der Waals surface area contributed by atoms with Gasteiger partial charge in [0.2, 0.25) is 10.0 Å². The van der Waals surface area contributed by atoms with Crippen LogP contribution in [0.15, 0.2) is 24.3 Å². The van der Waals surface area contributed by atoms with Crippen molar-refractivity contribution in [2.75, 3.05) is 30.9 Å². The molecule has 1 unspecified atom stereocenters. The quantitative estimate of drug-likeness (QED) is 0.751. The predicted molar refractivity (Wildman–Crippen MR) is 87.3 cm³/mol. The molecule has 0 aliphatic carbocycles. The summed E-state index contributed by atoms with van der Waals surface area (Å²) < 4.78 is 60.8. The molecule has 2 rings (SSSR count). The number of rotatable bonds is 6. The van der Waals surface area contributed by atoms with Crippen LogP contribution in [0.4, 0.5) is 4.39 Å². The van der Waals surface area contributed by atoms with Crippen LogP contribution in [-0.2, 0) is 19.9 Å². The van der Waals surface area contributed by atoms with Crippen molar-refractivity contribution < 1.29 is 26.0 Å². The molecule has 1 N–H and O–H groups in total. The van der Waals surface area contributed by atoms with Crippen molar-refractivity contribution in [2.24, 2.45) is 0 Å². The average Bonchev–Trinajstić information content (AvgIpc) is 2.82. The number of carbonyl (C=O) groups excluding carboxylic acids is 1. The third kappa shape index (κ3) is 4.99. The number of sulfonamides is 1. The zero-order valence-electron chi connectivity index (χ0n) is 13.1. The lowest BCUT2D eigenvalue weighted by Crippen LogP contribution is -2.44. The second-order valence-corrected chi connectivity index (χ2v) is 9.86. The van der Waals surface area contributed by atoms with E-state index in [1.807, 2.05) is 0 Å². The van der Waals surface area contributed by atoms with Crippen molar-refractivity contribution in [3.63, 3.8) is 0 Å². The molecule has 1 atom stereocenters. The summed E-state index contributed by atoms with van der Waals surface area (Å²) in [5.74, 6) is -1.16. The maximum atomic E-state index is 12.8. The lowest BCUT2D eigenvalue weighted by Gasteiger charge is -2.25. The van der Waals surface area contributed by atoms with Crippen LogP contribution in [0.2, 0.25) is 0 Å². The molecule has 24 heavy (non-hydrogen) atoms. The third-order valence-electron chi connectivity index (χ3n) is 3.77. The minimum absolute atomic E-state index is 0.0219. The standard InChI is InChI=1S/C14H19FN2O5S2/c1-23(19,20)17(13-6-9-24(21,22)10-13)8-7-16-14(18)11-2-4-12(15)5-3-11/h2-5,13H,6-10H2,1H3,(H,16,18). The second kappa shape index (κ2) is 7.16. The lowest BCUT2D eigenvalue weighted by molar-refractivity contribution is 0.0950. The van der Waals surface area contributed by atoms with E-state index in [1.165, 1.54) is 12.1 Å². The smallest absolute Gasteiger partial charge is 0.251 e. The normalized spacial score (nSPS) is 20.2. The number of benzene rings is 1. The summed E-state index contributed by atoms with van der Waals surface area (Å²) in [7, 11) is -6.82. The first-order valence-electron chi connectivity index (χ1n) is 7.29. The van der Waals surface area contributed by atoms with Gasteiger partial charge in [-0.2, -0.15) is 4.31 Å². The van der Waals surface area contributed by atoms with Gasteiger partial charge in [-0.25, -0.2) is 21.2 Å². The highest BCUT2D eigenvalue weighted by molar-refractivity contribution is 7.92. The van der Waals surface area contributed by atoms with Crippen molar-refractivity contribution in [3.05, 3.63) is 35.6 Å². The van der Waals surface area contributed by atoms with Gasteiger partial charge in [-0.15, -0.1) is 0 Å². The molecule has 134 valence electrons. The molecule has 1 aromatic carbocycles. The summed E-state index contributed by atoms with van der Waals surface area (Å²) >= 11 is 0. The zero-order chi connectivity index (χ0) is 18.0. The Morgan fingerprint density at radius 1 is 1.33 bits per heavy atom. The van der Waals surface area contributed by atoms with Gasteiger partial charge in [-0.3, -0.25) is 4.79 Å². The van der Waals surface area contributed by atoms with Gasteiger partial charge in [0.15, 0.2) is 9.84 Å². The van der Waals surface area contributed by atoms with E-state index in [4.69, 9.17) is 0 Å². The zero-order valence-corrected chi connectivity index (χ0v) is 14.7. The van der Waals surface area contributed by atoms with Gasteiger partial charge in [0, 0.05) is 24.7 Å². The molecule has 1 aliphatic heterocycles. The van der Waals surface area contributed by atoms with E-state index in [1.54, 1.807) is 0 Å². The van der Waals surface area contributed by atoms with E-state index >= 15 is 0 Å². The topological polar surface area (TPSA) is 101 Å². The summed E-state index contributed by atoms with van der Waals surface area (Å²) in [6.07, 6.45) is 1.26. The highest BCUT2D eigenvalue weighted by atomic mass is 32.2. The van der Waals surface area contributed by atoms with Gasteiger partial charge < -0.3 is 5.32 Å². The van der Waals surface area contributed by atoms with Gasteiger partial charge in [0.1, 0.15) is 5.82 Å². The molecule has 0 saturated carbocycles. The number of halogens is 1. The van der Waals surface area contributed by atoms with E-state index in [-0.39, 0.29) is 36.6 Å². The first-order valence-corrected chi connectivity index (χ1v) is 11.0. The number of nitrogens with one attached hydrogen (secondary N) is 1. The Labute approximate surface area is 140 Å². The van der Waals surface area contributed by atoms with Crippen LogP contribution in [0.5, 0.6) is 0 Å². The van der Waals surface area contributed by atoms with Crippen LogP contribution in [0, 0.1) is 5.82 Å². The SMILES string of the molecule is CS(=O)(=O)N(CCNC(=O)c1ccc(F)cc1)C1CCS(=O)(=O)C1. The number of hydrogen-bond donors (Lipinski definition) is 1. The van der Waals surface area contributed by atoms with E-state index in [9.17, 15) is 26.0 Å². The highest BCUT2D eigenvalue weighted by Crippen LogP contribution is 2.19. The number of nitrogens with zero attached hydrogens (tertiary/aromatic N) is 1. The van der Waals surface area contributed by atoms with E-state index in [0.717, 1.165) is 22.7 Å². The van der Waals surface area contributed by atoms with Crippen LogP contribution in [-0.4, -0.2) is 63.9 Å². The molecule has 10 heteroatoms. The number of hydrogen-bond acceptors (Lipinski definition) is 5. The number of amides is 1. The number of carbonyl (C=O) groups is 1. The monoisotopic (exact) mass is 378 g/mol. The van der Waals surface area contributed by atoms with Crippen molar-refractivity contribution in [2.45, 2.75) is 12.5 Å². The Kier molecular flexibility index (Phi) is 5.61. The van der Waals surface area contributed by atoms with E-state index in [2.05, 4.69) is 5.32 Å². The van der Waals surface area contributed by atoms with Crippen LogP contribution >= 0.6 is 0 Å². The lowest BCUT2D eigenvalue weighted by atomic mass is 10.2. The fourth-order valence-corrected chi connectivity index (χ4v) is 5.57. The Hall–Kier alpha value is -1.52. The molecule has 1 heterocycles. The Morgan fingerprint density at radius 3 is 2.46 bits per heavy atom. The molecule has 0 radical (unpaired) electrons. The van der Waals surface area contributed by atoms with Crippen LogP contribution < -0.4 is 5.32 Å². The first kappa shape index (κ1) is 18.8. The van der Waals surface area contributed by atoms with Gasteiger partial charge in [0.25, 0.3) is 5.91 Å². The van der Waals surface area contributed by atoms with Gasteiger partial charge in [0.05, 0.1) is 17.8 Å². The molecule has 0 bridgehead atoms. The average molecular weight is 378 g/mol. The van der Waals surface area contributed by atoms with E-state index < -0.39 is 37.6 Å². The molecule has 1 amide bonds. The molecule has 0 spiro atoms. The largest absolute Gasteiger partial charge is 0.351 e. The fraction of sp³-hybridized carbons (Fsp3) is 0.500. The van der Waals surface area contributed by atoms with Crippen molar-refractivity contribution in [3.8, 4) is 0 Å². The fourth-order valence-electron chi connectivity index (χ4n) is 2.60. The summed E-state index contributed by atoms with van der Waals surface area (Å²) in [6, 6.07) is 4.35. The summed E-state index contributed by atoms with van der Waals surface area (Å²) in [6.45, 7) is 0.00574. The molecular weight excluding hydrogens is 359 g/mol. The minimum Gasteiger partial charge on any atom is -0.351 e. The molecule has 1 aromatic rings. The molecular formula is C14H19FN2O5S2. The second-order valence-electron chi connectivity index (χ2n) is 5.69. The Balaban J connectivity index is 1.96. The van der Waals surface area contributed by atoms with Crippen LogP contribution in [0.25, 0.3) is 0 Å². The maximum absolute atomic E-state index is 12.8.